The maximum atomic E-state index is 12.0. The van der Waals surface area contributed by atoms with Crippen molar-refractivity contribution in [3.63, 3.8) is 0 Å². The molecule has 0 aromatic rings. The van der Waals surface area contributed by atoms with Crippen molar-refractivity contribution in [2.24, 2.45) is 11.7 Å². The molecular weight excluding hydrogens is 190 g/mol. The number of amides is 2. The first-order valence-electron chi connectivity index (χ1n) is 5.76. The van der Waals surface area contributed by atoms with Gasteiger partial charge in [0.15, 0.2) is 0 Å². The molecule has 0 saturated carbocycles. The Kier molecular flexibility index (Phi) is 4.39. The highest BCUT2D eigenvalue weighted by Gasteiger charge is 2.23. The van der Waals surface area contributed by atoms with E-state index in [4.69, 9.17) is 5.73 Å². The summed E-state index contributed by atoms with van der Waals surface area (Å²) in [6.45, 7) is 6.53. The second-order valence-corrected chi connectivity index (χ2v) is 4.83. The molecule has 0 aromatic carbocycles. The lowest BCUT2D eigenvalue weighted by Crippen LogP contribution is -2.48. The van der Waals surface area contributed by atoms with Crippen LogP contribution in [0.25, 0.3) is 0 Å². The number of hydrogen-bond donors (Lipinski definition) is 1. The van der Waals surface area contributed by atoms with Gasteiger partial charge in [0.1, 0.15) is 0 Å². The molecule has 88 valence electrons. The lowest BCUT2D eigenvalue weighted by Gasteiger charge is -2.34. The van der Waals surface area contributed by atoms with Crippen molar-refractivity contribution in [3.05, 3.63) is 0 Å². The maximum absolute atomic E-state index is 12.0. The smallest absolute Gasteiger partial charge is 0.319 e. The molecule has 2 N–H and O–H groups in total. The number of rotatable bonds is 2. The molecular formula is C11H23N3O. The summed E-state index contributed by atoms with van der Waals surface area (Å²) in [7, 11) is 1.82. The van der Waals surface area contributed by atoms with Crippen LogP contribution in [-0.4, -0.2) is 48.6 Å². The molecule has 0 spiro atoms. The van der Waals surface area contributed by atoms with Gasteiger partial charge in [0.25, 0.3) is 0 Å². The molecule has 1 aliphatic rings. The third-order valence-corrected chi connectivity index (χ3v) is 2.82. The van der Waals surface area contributed by atoms with Crippen LogP contribution in [0.15, 0.2) is 0 Å². The fourth-order valence-electron chi connectivity index (χ4n) is 2.11. The molecule has 0 aliphatic carbocycles. The molecule has 2 amide bonds. The molecule has 0 aromatic heterocycles. The van der Waals surface area contributed by atoms with Gasteiger partial charge in [-0.15, -0.1) is 0 Å². The summed E-state index contributed by atoms with van der Waals surface area (Å²) in [6, 6.07) is 0.167. The van der Waals surface area contributed by atoms with Crippen LogP contribution in [0.1, 0.15) is 26.7 Å². The minimum absolute atomic E-state index is 0.0427. The largest absolute Gasteiger partial charge is 0.326 e. The lowest BCUT2D eigenvalue weighted by molar-refractivity contribution is 0.138. The third kappa shape index (κ3) is 3.70. The summed E-state index contributed by atoms with van der Waals surface area (Å²) in [5.74, 6) is 0.631. The Hall–Kier alpha value is -0.770. The SMILES string of the molecule is CC(N)CN(C)C(=O)N1CCCC(C)C1. The second-order valence-electron chi connectivity index (χ2n) is 4.83. The highest BCUT2D eigenvalue weighted by atomic mass is 16.2. The average molecular weight is 213 g/mol. The zero-order valence-electron chi connectivity index (χ0n) is 10.1. The van der Waals surface area contributed by atoms with Crippen molar-refractivity contribution >= 4 is 6.03 Å². The number of hydrogen-bond acceptors (Lipinski definition) is 2. The fourth-order valence-corrected chi connectivity index (χ4v) is 2.11. The second kappa shape index (κ2) is 5.35. The van der Waals surface area contributed by atoms with Gasteiger partial charge >= 0.3 is 6.03 Å². The maximum Gasteiger partial charge on any atom is 0.319 e. The molecule has 2 unspecified atom stereocenters. The molecule has 0 radical (unpaired) electrons. The summed E-state index contributed by atoms with van der Waals surface area (Å²) in [5, 5.41) is 0. The van der Waals surface area contributed by atoms with E-state index in [1.165, 1.54) is 6.42 Å². The molecule has 1 saturated heterocycles. The van der Waals surface area contributed by atoms with E-state index in [2.05, 4.69) is 6.92 Å². The van der Waals surface area contributed by atoms with Crippen molar-refractivity contribution in [1.29, 1.82) is 0 Å². The van der Waals surface area contributed by atoms with Crippen LogP contribution in [0, 0.1) is 5.92 Å². The number of nitrogens with two attached hydrogens (primary N) is 1. The van der Waals surface area contributed by atoms with Gasteiger partial charge in [-0.05, 0) is 25.7 Å². The van der Waals surface area contributed by atoms with E-state index < -0.39 is 0 Å². The van der Waals surface area contributed by atoms with Crippen molar-refractivity contribution in [3.8, 4) is 0 Å². The molecule has 2 atom stereocenters. The summed E-state index contributed by atoms with van der Waals surface area (Å²) >= 11 is 0. The Balaban J connectivity index is 2.44. The minimum atomic E-state index is 0.0427. The predicted molar refractivity (Wildman–Crippen MR) is 61.6 cm³/mol. The van der Waals surface area contributed by atoms with E-state index in [-0.39, 0.29) is 12.1 Å². The Bertz CT molecular complexity index is 218. The number of nitrogens with zero attached hydrogens (tertiary/aromatic N) is 2. The van der Waals surface area contributed by atoms with E-state index in [1.807, 2.05) is 18.9 Å². The summed E-state index contributed by atoms with van der Waals surface area (Å²) in [4.78, 5) is 15.6. The summed E-state index contributed by atoms with van der Waals surface area (Å²) < 4.78 is 0. The number of urea groups is 1. The van der Waals surface area contributed by atoms with Crippen LogP contribution in [0.3, 0.4) is 0 Å². The monoisotopic (exact) mass is 213 g/mol. The van der Waals surface area contributed by atoms with E-state index in [9.17, 15) is 4.79 Å². The molecule has 0 bridgehead atoms. The van der Waals surface area contributed by atoms with Gasteiger partial charge < -0.3 is 15.5 Å². The third-order valence-electron chi connectivity index (χ3n) is 2.82. The molecule has 1 rings (SSSR count). The quantitative estimate of drug-likeness (QED) is 0.747. The van der Waals surface area contributed by atoms with Crippen LogP contribution >= 0.6 is 0 Å². The standard InChI is InChI=1S/C11H23N3O/c1-9-5-4-6-14(7-9)11(15)13(3)8-10(2)12/h9-10H,4-8,12H2,1-3H3. The molecule has 15 heavy (non-hydrogen) atoms. The van der Waals surface area contributed by atoms with Gasteiger partial charge in [-0.1, -0.05) is 6.92 Å². The predicted octanol–water partition coefficient (Wildman–Crippen LogP) is 1.12. The van der Waals surface area contributed by atoms with Gasteiger partial charge in [0, 0.05) is 32.7 Å². The van der Waals surface area contributed by atoms with Crippen LogP contribution in [0.4, 0.5) is 4.79 Å². The first-order valence-corrected chi connectivity index (χ1v) is 5.76. The fraction of sp³-hybridized carbons (Fsp3) is 0.909. The van der Waals surface area contributed by atoms with Crippen molar-refractivity contribution < 1.29 is 4.79 Å². The summed E-state index contributed by atoms with van der Waals surface area (Å²) in [5.41, 5.74) is 5.68. The highest BCUT2D eigenvalue weighted by Crippen LogP contribution is 2.16. The zero-order chi connectivity index (χ0) is 11.4. The molecule has 1 heterocycles. The number of carbonyl (C=O) groups excluding carboxylic acids is 1. The van der Waals surface area contributed by atoms with Crippen molar-refractivity contribution in [2.75, 3.05) is 26.7 Å². The molecule has 1 fully saturated rings. The van der Waals surface area contributed by atoms with Crippen LogP contribution in [0.5, 0.6) is 0 Å². The van der Waals surface area contributed by atoms with E-state index in [0.717, 1.165) is 19.5 Å². The van der Waals surface area contributed by atoms with Crippen LogP contribution in [-0.2, 0) is 0 Å². The zero-order valence-corrected chi connectivity index (χ0v) is 10.1. The normalized spacial score (nSPS) is 23.7. The molecule has 4 nitrogen and oxygen atoms in total. The minimum Gasteiger partial charge on any atom is -0.326 e. The Morgan fingerprint density at radius 2 is 2.33 bits per heavy atom. The lowest BCUT2D eigenvalue weighted by atomic mass is 10.0. The Morgan fingerprint density at radius 1 is 1.67 bits per heavy atom. The molecule has 4 heteroatoms. The topological polar surface area (TPSA) is 49.6 Å². The van der Waals surface area contributed by atoms with Crippen molar-refractivity contribution in [1.82, 2.24) is 9.80 Å². The number of carbonyl (C=O) groups is 1. The number of likely N-dealkylation sites (tertiary alicyclic amines) is 1. The van der Waals surface area contributed by atoms with E-state index >= 15 is 0 Å². The first kappa shape index (κ1) is 12.3. The van der Waals surface area contributed by atoms with Gasteiger partial charge in [0.2, 0.25) is 0 Å². The van der Waals surface area contributed by atoms with Gasteiger partial charge in [-0.2, -0.15) is 0 Å². The molecule has 1 aliphatic heterocycles. The Morgan fingerprint density at radius 3 is 2.87 bits per heavy atom. The van der Waals surface area contributed by atoms with Gasteiger partial charge in [-0.25, -0.2) is 4.79 Å². The average Bonchev–Trinajstić information content (AvgIpc) is 2.15. The number of likely N-dealkylation sites (N-methyl/N-ethyl adjacent to an activating group) is 1. The van der Waals surface area contributed by atoms with E-state index in [1.54, 1.807) is 4.90 Å². The first-order chi connectivity index (χ1) is 7.00. The summed E-state index contributed by atoms with van der Waals surface area (Å²) in [6.07, 6.45) is 2.36. The highest BCUT2D eigenvalue weighted by molar-refractivity contribution is 5.74. The van der Waals surface area contributed by atoms with Gasteiger partial charge in [-0.3, -0.25) is 0 Å². The van der Waals surface area contributed by atoms with Gasteiger partial charge in [0.05, 0.1) is 0 Å². The van der Waals surface area contributed by atoms with Crippen LogP contribution in [0.2, 0.25) is 0 Å². The number of piperidine rings is 1. The van der Waals surface area contributed by atoms with E-state index in [0.29, 0.717) is 12.5 Å². The van der Waals surface area contributed by atoms with Crippen LogP contribution < -0.4 is 5.73 Å². The Labute approximate surface area is 92.4 Å². The van der Waals surface area contributed by atoms with Crippen molar-refractivity contribution in [2.45, 2.75) is 32.7 Å².